The summed E-state index contributed by atoms with van der Waals surface area (Å²) in [7, 11) is 0. The molecule has 1 aliphatic heterocycles. The standard InChI is InChI=1S/C12H15N/c1-9-3-2-4-10-11(9)12(5-6-12)7-8-13-10/h2-4,13H,5-8H2,1H3. The molecule has 0 radical (unpaired) electrons. The van der Waals surface area contributed by atoms with E-state index in [2.05, 4.69) is 30.4 Å². The number of benzene rings is 1. The molecule has 2 aliphatic rings. The minimum absolute atomic E-state index is 0.589. The van der Waals surface area contributed by atoms with Gasteiger partial charge in [-0.05, 0) is 48.8 Å². The lowest BCUT2D eigenvalue weighted by Crippen LogP contribution is -2.22. The SMILES string of the molecule is Cc1cccc2c1C1(CCN2)CC1. The Bertz CT molecular complexity index is 350. The highest BCUT2D eigenvalue weighted by atomic mass is 14.9. The number of nitrogens with one attached hydrogen (secondary N) is 1. The van der Waals surface area contributed by atoms with E-state index in [1.807, 2.05) is 0 Å². The van der Waals surface area contributed by atoms with E-state index in [1.165, 1.54) is 30.5 Å². The van der Waals surface area contributed by atoms with Crippen LogP contribution in [0.5, 0.6) is 0 Å². The first kappa shape index (κ1) is 7.43. The molecule has 0 bridgehead atoms. The number of hydrogen-bond donors (Lipinski definition) is 1. The summed E-state index contributed by atoms with van der Waals surface area (Å²) in [5.74, 6) is 0. The molecular formula is C12H15N. The number of rotatable bonds is 0. The molecule has 1 aromatic carbocycles. The Labute approximate surface area is 79.2 Å². The van der Waals surface area contributed by atoms with E-state index >= 15 is 0 Å². The van der Waals surface area contributed by atoms with Gasteiger partial charge >= 0.3 is 0 Å². The quantitative estimate of drug-likeness (QED) is 0.636. The maximum Gasteiger partial charge on any atom is 0.0381 e. The van der Waals surface area contributed by atoms with Crippen LogP contribution in [0.15, 0.2) is 18.2 Å². The third-order valence-corrected chi connectivity index (χ3v) is 3.58. The fourth-order valence-corrected chi connectivity index (χ4v) is 2.73. The van der Waals surface area contributed by atoms with Crippen molar-refractivity contribution in [2.75, 3.05) is 11.9 Å². The molecule has 13 heavy (non-hydrogen) atoms. The normalized spacial score (nSPS) is 22.2. The molecule has 1 saturated carbocycles. The van der Waals surface area contributed by atoms with E-state index in [-0.39, 0.29) is 0 Å². The molecule has 0 amide bonds. The summed E-state index contributed by atoms with van der Waals surface area (Å²) in [6, 6.07) is 6.62. The largest absolute Gasteiger partial charge is 0.385 e. The molecule has 1 heteroatoms. The van der Waals surface area contributed by atoms with Gasteiger partial charge in [0.25, 0.3) is 0 Å². The van der Waals surface area contributed by atoms with Crippen LogP contribution in [0.4, 0.5) is 5.69 Å². The topological polar surface area (TPSA) is 12.0 Å². The molecule has 1 fully saturated rings. The lowest BCUT2D eigenvalue weighted by Gasteiger charge is -2.28. The van der Waals surface area contributed by atoms with Crippen LogP contribution in [0, 0.1) is 6.92 Å². The first-order valence-corrected chi connectivity index (χ1v) is 5.16. The molecule has 1 aromatic rings. The average molecular weight is 173 g/mol. The second-order valence-corrected chi connectivity index (χ2v) is 4.45. The Kier molecular flexibility index (Phi) is 1.30. The monoisotopic (exact) mass is 173 g/mol. The van der Waals surface area contributed by atoms with Crippen LogP contribution < -0.4 is 5.32 Å². The van der Waals surface area contributed by atoms with E-state index in [9.17, 15) is 0 Å². The summed E-state index contributed by atoms with van der Waals surface area (Å²) in [4.78, 5) is 0. The Morgan fingerprint density at radius 1 is 1.23 bits per heavy atom. The van der Waals surface area contributed by atoms with Gasteiger partial charge in [-0.3, -0.25) is 0 Å². The number of hydrogen-bond acceptors (Lipinski definition) is 1. The van der Waals surface area contributed by atoms with Gasteiger partial charge < -0.3 is 5.32 Å². The lowest BCUT2D eigenvalue weighted by atomic mass is 9.85. The highest BCUT2D eigenvalue weighted by Crippen LogP contribution is 2.55. The second-order valence-electron chi connectivity index (χ2n) is 4.45. The Balaban J connectivity index is 2.21. The first-order valence-electron chi connectivity index (χ1n) is 5.16. The molecule has 1 nitrogen and oxygen atoms in total. The maximum atomic E-state index is 3.50. The molecule has 1 aliphatic carbocycles. The average Bonchev–Trinajstić information content (AvgIpc) is 2.86. The van der Waals surface area contributed by atoms with Crippen LogP contribution in [0.3, 0.4) is 0 Å². The van der Waals surface area contributed by atoms with Crippen LogP contribution in [-0.4, -0.2) is 6.54 Å². The molecule has 0 saturated heterocycles. The predicted octanol–water partition coefficient (Wildman–Crippen LogP) is 2.84. The van der Waals surface area contributed by atoms with Crippen molar-refractivity contribution >= 4 is 5.69 Å². The van der Waals surface area contributed by atoms with Crippen molar-refractivity contribution in [3.63, 3.8) is 0 Å². The molecule has 1 spiro atoms. The molecule has 0 aromatic heterocycles. The zero-order valence-electron chi connectivity index (χ0n) is 8.06. The van der Waals surface area contributed by atoms with Gasteiger partial charge in [-0.15, -0.1) is 0 Å². The third kappa shape index (κ3) is 0.932. The van der Waals surface area contributed by atoms with E-state index in [4.69, 9.17) is 0 Å². The summed E-state index contributed by atoms with van der Waals surface area (Å²) >= 11 is 0. The summed E-state index contributed by atoms with van der Waals surface area (Å²) < 4.78 is 0. The van der Waals surface area contributed by atoms with Gasteiger partial charge in [0.15, 0.2) is 0 Å². The van der Waals surface area contributed by atoms with Gasteiger partial charge in [-0.1, -0.05) is 12.1 Å². The minimum Gasteiger partial charge on any atom is -0.385 e. The molecule has 1 heterocycles. The fraction of sp³-hybridized carbons (Fsp3) is 0.500. The van der Waals surface area contributed by atoms with Crippen molar-refractivity contribution < 1.29 is 0 Å². The van der Waals surface area contributed by atoms with Crippen LogP contribution in [0.25, 0.3) is 0 Å². The third-order valence-electron chi connectivity index (χ3n) is 3.58. The molecule has 68 valence electrons. The molecular weight excluding hydrogens is 158 g/mol. The first-order chi connectivity index (χ1) is 6.32. The molecule has 0 unspecified atom stereocenters. The van der Waals surface area contributed by atoms with Crippen LogP contribution in [0.1, 0.15) is 30.4 Å². The summed E-state index contributed by atoms with van der Waals surface area (Å²) in [6.07, 6.45) is 4.16. The number of aryl methyl sites for hydroxylation is 1. The Hall–Kier alpha value is -0.980. The van der Waals surface area contributed by atoms with E-state index < -0.39 is 0 Å². The van der Waals surface area contributed by atoms with Crippen molar-refractivity contribution in [2.24, 2.45) is 0 Å². The minimum atomic E-state index is 0.589. The van der Waals surface area contributed by atoms with Gasteiger partial charge in [0.05, 0.1) is 0 Å². The number of anilines is 1. The van der Waals surface area contributed by atoms with Crippen LogP contribution >= 0.6 is 0 Å². The highest BCUT2D eigenvalue weighted by Gasteiger charge is 2.47. The summed E-state index contributed by atoms with van der Waals surface area (Å²) in [5.41, 5.74) is 5.07. The zero-order valence-corrected chi connectivity index (χ0v) is 8.06. The van der Waals surface area contributed by atoms with E-state index in [0.29, 0.717) is 5.41 Å². The maximum absolute atomic E-state index is 3.50. The van der Waals surface area contributed by atoms with Gasteiger partial charge in [0.1, 0.15) is 0 Å². The van der Waals surface area contributed by atoms with Gasteiger partial charge in [-0.25, -0.2) is 0 Å². The number of fused-ring (bicyclic) bond motifs is 2. The van der Waals surface area contributed by atoms with Crippen molar-refractivity contribution in [1.29, 1.82) is 0 Å². The van der Waals surface area contributed by atoms with Crippen molar-refractivity contribution in [2.45, 2.75) is 31.6 Å². The van der Waals surface area contributed by atoms with Crippen LogP contribution in [0.2, 0.25) is 0 Å². The lowest BCUT2D eigenvalue weighted by molar-refractivity contribution is 0.618. The van der Waals surface area contributed by atoms with Crippen molar-refractivity contribution in [1.82, 2.24) is 0 Å². The molecule has 1 N–H and O–H groups in total. The van der Waals surface area contributed by atoms with Gasteiger partial charge in [0, 0.05) is 12.2 Å². The zero-order chi connectivity index (χ0) is 8.89. The smallest absolute Gasteiger partial charge is 0.0381 e. The van der Waals surface area contributed by atoms with Gasteiger partial charge in [-0.2, -0.15) is 0 Å². The Morgan fingerprint density at radius 3 is 2.85 bits per heavy atom. The van der Waals surface area contributed by atoms with Gasteiger partial charge in [0.2, 0.25) is 0 Å². The molecule has 0 atom stereocenters. The highest BCUT2D eigenvalue weighted by molar-refractivity contribution is 5.61. The van der Waals surface area contributed by atoms with Crippen molar-refractivity contribution in [3.05, 3.63) is 29.3 Å². The van der Waals surface area contributed by atoms with Crippen molar-refractivity contribution in [3.8, 4) is 0 Å². The predicted molar refractivity (Wildman–Crippen MR) is 55.2 cm³/mol. The summed E-state index contributed by atoms with van der Waals surface area (Å²) in [5, 5.41) is 3.50. The van der Waals surface area contributed by atoms with E-state index in [1.54, 1.807) is 5.56 Å². The Morgan fingerprint density at radius 2 is 2.08 bits per heavy atom. The molecule has 3 rings (SSSR count). The van der Waals surface area contributed by atoms with Crippen LogP contribution in [-0.2, 0) is 5.41 Å². The van der Waals surface area contributed by atoms with E-state index in [0.717, 1.165) is 6.54 Å². The second kappa shape index (κ2) is 2.28. The summed E-state index contributed by atoms with van der Waals surface area (Å²) in [6.45, 7) is 3.41. The fourth-order valence-electron chi connectivity index (χ4n) is 2.73.